The van der Waals surface area contributed by atoms with E-state index in [-0.39, 0.29) is 17.6 Å². The zero-order chi connectivity index (χ0) is 8.97. The highest BCUT2D eigenvalue weighted by atomic mass is 16.2. The normalized spacial score (nSPS) is 22.8. The van der Waals surface area contributed by atoms with Crippen molar-refractivity contribution < 1.29 is 9.59 Å². The molecule has 3 nitrogen and oxygen atoms in total. The van der Waals surface area contributed by atoms with Gasteiger partial charge in [0.05, 0.1) is 5.92 Å². The van der Waals surface area contributed by atoms with Crippen LogP contribution in [-0.4, -0.2) is 18.2 Å². The van der Waals surface area contributed by atoms with E-state index in [0.717, 1.165) is 19.3 Å². The van der Waals surface area contributed by atoms with Gasteiger partial charge >= 0.3 is 0 Å². The lowest BCUT2D eigenvalue weighted by Gasteiger charge is -2.07. The molecule has 1 fully saturated rings. The predicted molar refractivity (Wildman–Crippen MR) is 45.6 cm³/mol. The molecule has 0 unspecified atom stereocenters. The second kappa shape index (κ2) is 4.24. The summed E-state index contributed by atoms with van der Waals surface area (Å²) in [4.78, 5) is 22.4. The molecule has 0 aromatic carbocycles. The van der Waals surface area contributed by atoms with Crippen molar-refractivity contribution in [2.75, 3.05) is 6.54 Å². The zero-order valence-electron chi connectivity index (χ0n) is 7.43. The molecule has 0 aliphatic heterocycles. The monoisotopic (exact) mass is 169 g/mol. The van der Waals surface area contributed by atoms with Crippen molar-refractivity contribution in [3.8, 4) is 0 Å². The second-order valence-electron chi connectivity index (χ2n) is 3.20. The van der Waals surface area contributed by atoms with Gasteiger partial charge in [-0.05, 0) is 19.3 Å². The molecule has 1 atom stereocenters. The molecule has 1 rings (SSSR count). The van der Waals surface area contributed by atoms with Gasteiger partial charge in [0.2, 0.25) is 5.91 Å². The fourth-order valence-electron chi connectivity index (χ4n) is 1.46. The summed E-state index contributed by atoms with van der Waals surface area (Å²) in [6.45, 7) is 2.68. The van der Waals surface area contributed by atoms with Gasteiger partial charge in [0, 0.05) is 13.0 Å². The summed E-state index contributed by atoms with van der Waals surface area (Å²) in [6.07, 6.45) is 3.13. The van der Waals surface area contributed by atoms with Crippen LogP contribution in [0.2, 0.25) is 0 Å². The van der Waals surface area contributed by atoms with Crippen LogP contribution in [0.25, 0.3) is 0 Å². The maximum Gasteiger partial charge on any atom is 0.230 e. The minimum atomic E-state index is -0.337. The van der Waals surface area contributed by atoms with E-state index in [4.69, 9.17) is 0 Å². The highest BCUT2D eigenvalue weighted by Gasteiger charge is 2.30. The molecule has 0 heterocycles. The quantitative estimate of drug-likeness (QED) is 0.637. The number of hydrogen-bond donors (Lipinski definition) is 1. The van der Waals surface area contributed by atoms with E-state index in [0.29, 0.717) is 13.0 Å². The average molecular weight is 169 g/mol. The largest absolute Gasteiger partial charge is 0.355 e. The van der Waals surface area contributed by atoms with Crippen LogP contribution in [0.1, 0.15) is 32.6 Å². The lowest BCUT2D eigenvalue weighted by molar-refractivity contribution is -0.132. The Balaban J connectivity index is 2.36. The van der Waals surface area contributed by atoms with E-state index in [1.807, 2.05) is 6.92 Å². The molecule has 0 aromatic rings. The van der Waals surface area contributed by atoms with Crippen molar-refractivity contribution in [3.63, 3.8) is 0 Å². The highest BCUT2D eigenvalue weighted by molar-refractivity contribution is 6.02. The third kappa shape index (κ3) is 2.06. The van der Waals surface area contributed by atoms with Crippen molar-refractivity contribution in [1.82, 2.24) is 5.32 Å². The summed E-state index contributed by atoms with van der Waals surface area (Å²) in [5, 5.41) is 2.74. The van der Waals surface area contributed by atoms with Crippen LogP contribution in [0, 0.1) is 5.92 Å². The molecule has 1 aliphatic carbocycles. The molecule has 1 saturated carbocycles. The van der Waals surface area contributed by atoms with Crippen molar-refractivity contribution >= 4 is 11.7 Å². The van der Waals surface area contributed by atoms with Gasteiger partial charge < -0.3 is 5.32 Å². The van der Waals surface area contributed by atoms with Crippen LogP contribution < -0.4 is 5.32 Å². The molecule has 3 heteroatoms. The van der Waals surface area contributed by atoms with Crippen LogP contribution in [-0.2, 0) is 9.59 Å². The molecule has 1 N–H and O–H groups in total. The number of amides is 1. The third-order valence-corrected chi connectivity index (χ3v) is 2.17. The number of carbonyl (C=O) groups is 2. The van der Waals surface area contributed by atoms with E-state index in [1.165, 1.54) is 0 Å². The number of nitrogens with one attached hydrogen (secondary N) is 1. The molecular formula is C9H15NO2. The number of Topliss-reactive ketones (excluding diaryl/α,β-unsaturated/α-hetero) is 1. The fraction of sp³-hybridized carbons (Fsp3) is 0.778. The maximum atomic E-state index is 11.3. The summed E-state index contributed by atoms with van der Waals surface area (Å²) < 4.78 is 0. The maximum absolute atomic E-state index is 11.3. The first-order valence-electron chi connectivity index (χ1n) is 4.56. The second-order valence-corrected chi connectivity index (χ2v) is 3.20. The van der Waals surface area contributed by atoms with Crippen molar-refractivity contribution in [3.05, 3.63) is 0 Å². The predicted octanol–water partition coefficient (Wildman–Crippen LogP) is 0.882. The highest BCUT2D eigenvalue weighted by Crippen LogP contribution is 2.20. The Bertz CT molecular complexity index is 189. The Morgan fingerprint density at radius 1 is 1.67 bits per heavy atom. The van der Waals surface area contributed by atoms with Gasteiger partial charge in [0.1, 0.15) is 5.78 Å². The van der Waals surface area contributed by atoms with Crippen LogP contribution in [0.15, 0.2) is 0 Å². The third-order valence-electron chi connectivity index (χ3n) is 2.17. The molecule has 68 valence electrons. The first kappa shape index (κ1) is 9.23. The van der Waals surface area contributed by atoms with Crippen LogP contribution >= 0.6 is 0 Å². The van der Waals surface area contributed by atoms with Gasteiger partial charge in [-0.25, -0.2) is 0 Å². The standard InChI is InChI=1S/C9H15NO2/c1-2-6-10-9(12)7-4-3-5-8(7)11/h7H,2-6H2,1H3,(H,10,12)/t7-/m1/s1. The topological polar surface area (TPSA) is 46.2 Å². The summed E-state index contributed by atoms with van der Waals surface area (Å²) >= 11 is 0. The van der Waals surface area contributed by atoms with E-state index in [9.17, 15) is 9.59 Å². The van der Waals surface area contributed by atoms with Gasteiger partial charge in [-0.15, -0.1) is 0 Å². The van der Waals surface area contributed by atoms with Crippen molar-refractivity contribution in [1.29, 1.82) is 0 Å². The van der Waals surface area contributed by atoms with Gasteiger partial charge in [-0.3, -0.25) is 9.59 Å². The van der Waals surface area contributed by atoms with E-state index in [1.54, 1.807) is 0 Å². The lowest BCUT2D eigenvalue weighted by Crippen LogP contribution is -2.33. The Morgan fingerprint density at radius 2 is 2.42 bits per heavy atom. The van der Waals surface area contributed by atoms with E-state index in [2.05, 4.69) is 5.32 Å². The number of carbonyl (C=O) groups excluding carboxylic acids is 2. The molecule has 0 aromatic heterocycles. The van der Waals surface area contributed by atoms with E-state index < -0.39 is 0 Å². The molecule has 1 aliphatic rings. The Kier molecular flexibility index (Phi) is 3.26. The van der Waals surface area contributed by atoms with Crippen LogP contribution in [0.5, 0.6) is 0 Å². The van der Waals surface area contributed by atoms with Gasteiger partial charge in [0.15, 0.2) is 0 Å². The first-order chi connectivity index (χ1) is 5.75. The lowest BCUT2D eigenvalue weighted by atomic mass is 10.1. The summed E-state index contributed by atoms with van der Waals surface area (Å²) in [5.41, 5.74) is 0. The summed E-state index contributed by atoms with van der Waals surface area (Å²) in [5.74, 6) is -0.292. The fourth-order valence-corrected chi connectivity index (χ4v) is 1.46. The summed E-state index contributed by atoms with van der Waals surface area (Å²) in [6, 6.07) is 0. The van der Waals surface area contributed by atoms with Crippen LogP contribution in [0.3, 0.4) is 0 Å². The van der Waals surface area contributed by atoms with Crippen LogP contribution in [0.4, 0.5) is 0 Å². The van der Waals surface area contributed by atoms with Gasteiger partial charge in [-0.1, -0.05) is 6.92 Å². The molecule has 12 heavy (non-hydrogen) atoms. The first-order valence-corrected chi connectivity index (χ1v) is 4.56. The average Bonchev–Trinajstić information content (AvgIpc) is 2.47. The van der Waals surface area contributed by atoms with Gasteiger partial charge in [0.25, 0.3) is 0 Å². The molecular weight excluding hydrogens is 154 g/mol. The summed E-state index contributed by atoms with van der Waals surface area (Å²) in [7, 11) is 0. The van der Waals surface area contributed by atoms with E-state index >= 15 is 0 Å². The Labute approximate surface area is 72.5 Å². The smallest absolute Gasteiger partial charge is 0.230 e. The van der Waals surface area contributed by atoms with Crippen molar-refractivity contribution in [2.45, 2.75) is 32.6 Å². The Hall–Kier alpha value is -0.860. The molecule has 1 amide bonds. The molecule has 0 bridgehead atoms. The molecule has 0 radical (unpaired) electrons. The molecule has 0 spiro atoms. The minimum Gasteiger partial charge on any atom is -0.355 e. The molecule has 0 saturated heterocycles. The van der Waals surface area contributed by atoms with Gasteiger partial charge in [-0.2, -0.15) is 0 Å². The minimum absolute atomic E-state index is 0.0700. The Morgan fingerprint density at radius 3 is 2.92 bits per heavy atom. The van der Waals surface area contributed by atoms with Crippen molar-refractivity contribution in [2.24, 2.45) is 5.92 Å². The number of hydrogen-bond acceptors (Lipinski definition) is 2. The number of ketones is 1. The SMILES string of the molecule is CCCNC(=O)[C@@H]1CCCC1=O. The zero-order valence-corrected chi connectivity index (χ0v) is 7.43. The number of rotatable bonds is 3.